The highest BCUT2D eigenvalue weighted by Gasteiger charge is 2.21. The Morgan fingerprint density at radius 3 is 2.87 bits per heavy atom. The van der Waals surface area contributed by atoms with E-state index < -0.39 is 11.8 Å². The van der Waals surface area contributed by atoms with E-state index in [0.717, 1.165) is 24.9 Å². The first kappa shape index (κ1) is 9.71. The number of carbonyl (C=O) groups is 2. The Bertz CT molecular complexity index is 426. The van der Waals surface area contributed by atoms with E-state index in [1.54, 1.807) is 12.1 Å². The molecule has 78 valence electrons. The molecule has 0 unspecified atom stereocenters. The first-order valence-electron chi connectivity index (χ1n) is 4.83. The molecule has 0 spiro atoms. The van der Waals surface area contributed by atoms with Crippen LogP contribution in [0.1, 0.15) is 22.3 Å². The summed E-state index contributed by atoms with van der Waals surface area (Å²) in [5, 5.41) is 11.7. The van der Waals surface area contributed by atoms with E-state index >= 15 is 0 Å². The van der Waals surface area contributed by atoms with Gasteiger partial charge < -0.3 is 10.4 Å². The summed E-state index contributed by atoms with van der Waals surface area (Å²) in [5.74, 6) is -2.25. The van der Waals surface area contributed by atoms with Crippen molar-refractivity contribution in [3.05, 3.63) is 29.3 Å². The minimum atomic E-state index is -1.41. The second-order valence-electron chi connectivity index (χ2n) is 3.50. The number of aryl methyl sites for hydroxylation is 1. The zero-order valence-corrected chi connectivity index (χ0v) is 8.12. The predicted molar refractivity (Wildman–Crippen MR) is 55.2 cm³/mol. The Balaban J connectivity index is 2.48. The van der Waals surface area contributed by atoms with Crippen molar-refractivity contribution in [1.82, 2.24) is 0 Å². The molecule has 0 aromatic heterocycles. The summed E-state index contributed by atoms with van der Waals surface area (Å²) in [5.41, 5.74) is 1.98. The third-order valence-corrected chi connectivity index (χ3v) is 2.51. The minimum absolute atomic E-state index is 0.264. The van der Waals surface area contributed by atoms with Crippen LogP contribution in [0.3, 0.4) is 0 Å². The molecule has 4 heteroatoms. The second kappa shape index (κ2) is 3.73. The molecule has 1 heterocycles. The van der Waals surface area contributed by atoms with E-state index in [-0.39, 0.29) is 5.56 Å². The quantitative estimate of drug-likeness (QED) is 0.564. The van der Waals surface area contributed by atoms with Gasteiger partial charge in [-0.25, -0.2) is 4.79 Å². The van der Waals surface area contributed by atoms with Gasteiger partial charge in [0.25, 0.3) is 5.78 Å². The van der Waals surface area contributed by atoms with E-state index in [2.05, 4.69) is 5.32 Å². The molecule has 0 saturated carbocycles. The van der Waals surface area contributed by atoms with Gasteiger partial charge in [-0.2, -0.15) is 0 Å². The van der Waals surface area contributed by atoms with E-state index in [1.807, 2.05) is 6.07 Å². The fourth-order valence-electron chi connectivity index (χ4n) is 1.81. The number of para-hydroxylation sites is 1. The third kappa shape index (κ3) is 1.70. The van der Waals surface area contributed by atoms with E-state index in [9.17, 15) is 9.59 Å². The lowest BCUT2D eigenvalue weighted by Gasteiger charge is -2.19. The van der Waals surface area contributed by atoms with Gasteiger partial charge in [-0.15, -0.1) is 0 Å². The minimum Gasteiger partial charge on any atom is -0.475 e. The first-order valence-corrected chi connectivity index (χ1v) is 4.83. The third-order valence-electron chi connectivity index (χ3n) is 2.51. The lowest BCUT2D eigenvalue weighted by molar-refractivity contribution is -0.131. The molecule has 2 rings (SSSR count). The van der Waals surface area contributed by atoms with Crippen molar-refractivity contribution < 1.29 is 14.7 Å². The number of fused-ring (bicyclic) bond motifs is 1. The second-order valence-corrected chi connectivity index (χ2v) is 3.50. The summed E-state index contributed by atoms with van der Waals surface area (Å²) in [6, 6.07) is 5.19. The van der Waals surface area contributed by atoms with Gasteiger partial charge in [-0.05, 0) is 24.5 Å². The fourth-order valence-corrected chi connectivity index (χ4v) is 1.81. The summed E-state index contributed by atoms with van der Waals surface area (Å²) < 4.78 is 0. The number of rotatable bonds is 2. The molecule has 1 aromatic carbocycles. The Hall–Kier alpha value is -1.84. The van der Waals surface area contributed by atoms with Crippen LogP contribution in [0, 0.1) is 0 Å². The van der Waals surface area contributed by atoms with E-state index in [4.69, 9.17) is 5.11 Å². The van der Waals surface area contributed by atoms with Crippen LogP contribution in [-0.4, -0.2) is 23.4 Å². The van der Waals surface area contributed by atoms with Gasteiger partial charge in [-0.1, -0.05) is 12.1 Å². The summed E-state index contributed by atoms with van der Waals surface area (Å²) in [4.78, 5) is 22.0. The Kier molecular flexibility index (Phi) is 2.41. The fraction of sp³-hybridized carbons (Fsp3) is 0.273. The summed E-state index contributed by atoms with van der Waals surface area (Å²) in [6.07, 6.45) is 1.90. The monoisotopic (exact) mass is 205 g/mol. The molecule has 0 bridgehead atoms. The number of ketones is 1. The number of Topliss-reactive ketones (excluding diaryl/α,β-unsaturated/α-hetero) is 1. The summed E-state index contributed by atoms with van der Waals surface area (Å²) in [7, 11) is 0. The van der Waals surface area contributed by atoms with Crippen LogP contribution in [0.2, 0.25) is 0 Å². The number of aliphatic carboxylic acids is 1. The number of benzene rings is 1. The topological polar surface area (TPSA) is 66.4 Å². The normalized spacial score (nSPS) is 13.9. The van der Waals surface area contributed by atoms with Crippen LogP contribution in [0.5, 0.6) is 0 Å². The molecule has 15 heavy (non-hydrogen) atoms. The molecule has 0 fully saturated rings. The molecular formula is C11H11NO3. The molecule has 2 N–H and O–H groups in total. The molecular weight excluding hydrogens is 194 g/mol. The Labute approximate surface area is 86.9 Å². The lowest BCUT2D eigenvalue weighted by Crippen LogP contribution is -2.19. The number of carbonyl (C=O) groups excluding carboxylic acids is 1. The van der Waals surface area contributed by atoms with Crippen molar-refractivity contribution in [3.8, 4) is 0 Å². The maximum absolute atomic E-state index is 11.4. The molecule has 1 aliphatic heterocycles. The maximum Gasteiger partial charge on any atom is 0.377 e. The average molecular weight is 205 g/mol. The van der Waals surface area contributed by atoms with Gasteiger partial charge in [0.05, 0.1) is 5.56 Å². The average Bonchev–Trinajstić information content (AvgIpc) is 2.27. The molecule has 4 nitrogen and oxygen atoms in total. The number of hydrogen-bond donors (Lipinski definition) is 2. The van der Waals surface area contributed by atoms with Crippen molar-refractivity contribution >= 4 is 17.4 Å². The van der Waals surface area contributed by atoms with Crippen LogP contribution < -0.4 is 5.32 Å². The van der Waals surface area contributed by atoms with Crippen molar-refractivity contribution in [1.29, 1.82) is 0 Å². The van der Waals surface area contributed by atoms with Gasteiger partial charge in [-0.3, -0.25) is 4.79 Å². The van der Waals surface area contributed by atoms with Gasteiger partial charge in [0.1, 0.15) is 0 Å². The molecule has 0 amide bonds. The van der Waals surface area contributed by atoms with Crippen molar-refractivity contribution in [3.63, 3.8) is 0 Å². The van der Waals surface area contributed by atoms with Crippen LogP contribution >= 0.6 is 0 Å². The van der Waals surface area contributed by atoms with E-state index in [0.29, 0.717) is 5.69 Å². The molecule has 1 aliphatic rings. The molecule has 0 aliphatic carbocycles. The smallest absolute Gasteiger partial charge is 0.377 e. The van der Waals surface area contributed by atoms with E-state index in [1.165, 1.54) is 0 Å². The number of hydrogen-bond acceptors (Lipinski definition) is 3. The van der Waals surface area contributed by atoms with Gasteiger partial charge in [0.2, 0.25) is 0 Å². The van der Waals surface area contributed by atoms with Gasteiger partial charge in [0, 0.05) is 12.2 Å². The highest BCUT2D eigenvalue weighted by atomic mass is 16.4. The molecule has 0 atom stereocenters. The number of carboxylic acid groups (broad SMARTS) is 1. The van der Waals surface area contributed by atoms with Crippen LogP contribution in [0.4, 0.5) is 5.69 Å². The van der Waals surface area contributed by atoms with Gasteiger partial charge in [0.15, 0.2) is 0 Å². The zero-order chi connectivity index (χ0) is 10.8. The number of carboxylic acids is 1. The van der Waals surface area contributed by atoms with Crippen molar-refractivity contribution in [2.24, 2.45) is 0 Å². The summed E-state index contributed by atoms with van der Waals surface area (Å²) >= 11 is 0. The predicted octanol–water partition coefficient (Wildman–Crippen LogP) is 1.31. The maximum atomic E-state index is 11.4. The molecule has 1 aromatic rings. The standard InChI is InChI=1S/C11H11NO3/c13-10(11(14)15)8-5-1-3-7-4-2-6-12-9(7)8/h1,3,5,12H,2,4,6H2,(H,14,15). The Morgan fingerprint density at radius 1 is 1.33 bits per heavy atom. The summed E-state index contributed by atoms with van der Waals surface area (Å²) in [6.45, 7) is 0.789. The molecule has 0 saturated heterocycles. The van der Waals surface area contributed by atoms with Gasteiger partial charge >= 0.3 is 5.97 Å². The highest BCUT2D eigenvalue weighted by Crippen LogP contribution is 2.26. The number of nitrogens with one attached hydrogen (secondary N) is 1. The zero-order valence-electron chi connectivity index (χ0n) is 8.12. The van der Waals surface area contributed by atoms with Crippen molar-refractivity contribution in [2.45, 2.75) is 12.8 Å². The lowest BCUT2D eigenvalue weighted by atomic mass is 9.97. The van der Waals surface area contributed by atoms with Crippen molar-refractivity contribution in [2.75, 3.05) is 11.9 Å². The first-order chi connectivity index (χ1) is 7.20. The highest BCUT2D eigenvalue weighted by molar-refractivity contribution is 6.41. The van der Waals surface area contributed by atoms with Crippen LogP contribution in [0.15, 0.2) is 18.2 Å². The largest absolute Gasteiger partial charge is 0.475 e. The number of anilines is 1. The Morgan fingerprint density at radius 2 is 2.13 bits per heavy atom. The van der Waals surface area contributed by atoms with Crippen LogP contribution in [-0.2, 0) is 11.2 Å². The van der Waals surface area contributed by atoms with Crippen LogP contribution in [0.25, 0.3) is 0 Å². The SMILES string of the molecule is O=C(O)C(=O)c1cccc2c1NCCC2. The molecule has 0 radical (unpaired) electrons.